The molecule has 1 aromatic heterocycles. The summed E-state index contributed by atoms with van der Waals surface area (Å²) in [4.78, 5) is 15.7. The highest BCUT2D eigenvalue weighted by Gasteiger charge is 2.13. The molecule has 2 N–H and O–H groups in total. The van der Waals surface area contributed by atoms with Gasteiger partial charge in [0, 0.05) is 12.7 Å². The minimum atomic E-state index is -0.442. The van der Waals surface area contributed by atoms with E-state index in [4.69, 9.17) is 11.6 Å². The normalized spacial score (nSPS) is 9.63. The topological polar surface area (TPSA) is 63.2 Å². The molecule has 0 bridgehead atoms. The lowest BCUT2D eigenvalue weighted by atomic mass is 10.2. The third kappa shape index (κ3) is 6.09. The second-order valence-corrected chi connectivity index (χ2v) is 4.22. The summed E-state index contributed by atoms with van der Waals surface area (Å²) in [6.07, 6.45) is 3.56. The van der Waals surface area contributed by atoms with Crippen LogP contribution in [-0.4, -0.2) is 38.2 Å². The summed E-state index contributed by atoms with van der Waals surface area (Å²) in [6.45, 7) is 1.72. The number of esters is 1. The molecule has 108 valence electrons. The van der Waals surface area contributed by atoms with Crippen molar-refractivity contribution in [1.82, 2.24) is 10.3 Å². The second-order valence-electron chi connectivity index (χ2n) is 3.78. The minimum absolute atomic E-state index is 0. The van der Waals surface area contributed by atoms with Crippen molar-refractivity contribution in [3.8, 4) is 0 Å². The maximum atomic E-state index is 11.6. The minimum Gasteiger partial charge on any atom is -0.465 e. The van der Waals surface area contributed by atoms with Gasteiger partial charge in [0.25, 0.3) is 0 Å². The number of nitrogens with one attached hydrogen (secondary N) is 2. The molecule has 0 aliphatic carbocycles. The zero-order valence-electron chi connectivity index (χ0n) is 11.0. The van der Waals surface area contributed by atoms with Crippen LogP contribution in [0.4, 0.5) is 5.82 Å². The third-order valence-electron chi connectivity index (χ3n) is 2.41. The smallest absolute Gasteiger partial charge is 0.341 e. The number of rotatable bonds is 7. The zero-order valence-corrected chi connectivity index (χ0v) is 12.6. The summed E-state index contributed by atoms with van der Waals surface area (Å²) in [5.41, 5.74) is 0.360. The van der Waals surface area contributed by atoms with Gasteiger partial charge in [-0.2, -0.15) is 0 Å². The van der Waals surface area contributed by atoms with Gasteiger partial charge >= 0.3 is 5.97 Å². The number of hydrogen-bond donors (Lipinski definition) is 2. The second kappa shape index (κ2) is 9.83. The molecule has 7 heteroatoms. The number of anilines is 1. The number of ether oxygens (including phenoxy) is 1. The molecule has 1 heterocycles. The first-order chi connectivity index (χ1) is 8.69. The Morgan fingerprint density at radius 3 is 2.74 bits per heavy atom. The van der Waals surface area contributed by atoms with Gasteiger partial charge in [-0.15, -0.1) is 12.4 Å². The number of carbonyl (C=O) groups is 1. The number of nitrogens with zero attached hydrogens (tertiary/aromatic N) is 1. The fraction of sp³-hybridized carbons (Fsp3) is 0.500. The molecule has 0 aliphatic heterocycles. The molecule has 0 aromatic carbocycles. The number of hydrogen-bond acceptors (Lipinski definition) is 5. The Morgan fingerprint density at radius 1 is 1.42 bits per heavy atom. The van der Waals surface area contributed by atoms with Gasteiger partial charge in [-0.1, -0.05) is 11.6 Å². The van der Waals surface area contributed by atoms with Gasteiger partial charge in [-0.05, 0) is 32.5 Å². The number of methoxy groups -OCH3 is 1. The van der Waals surface area contributed by atoms with Gasteiger partial charge in [0.05, 0.1) is 12.1 Å². The lowest BCUT2D eigenvalue weighted by molar-refractivity contribution is 0.0601. The van der Waals surface area contributed by atoms with Crippen molar-refractivity contribution in [3.63, 3.8) is 0 Å². The average molecular weight is 308 g/mol. The third-order valence-corrected chi connectivity index (χ3v) is 2.61. The monoisotopic (exact) mass is 307 g/mol. The fourth-order valence-electron chi connectivity index (χ4n) is 1.48. The summed E-state index contributed by atoms with van der Waals surface area (Å²) < 4.78 is 4.69. The van der Waals surface area contributed by atoms with Crippen LogP contribution in [0.3, 0.4) is 0 Å². The molecule has 0 aliphatic rings. The molecule has 0 atom stereocenters. The first-order valence-corrected chi connectivity index (χ1v) is 6.19. The number of unbranched alkanes of at least 4 members (excludes halogenated alkanes) is 1. The molecule has 19 heavy (non-hydrogen) atoms. The first kappa shape index (κ1) is 18.0. The highest BCUT2D eigenvalue weighted by Crippen LogP contribution is 2.18. The molecule has 0 saturated carbocycles. The Labute approximate surface area is 124 Å². The van der Waals surface area contributed by atoms with E-state index in [0.29, 0.717) is 16.4 Å². The van der Waals surface area contributed by atoms with Crippen molar-refractivity contribution in [2.24, 2.45) is 0 Å². The summed E-state index contributed by atoms with van der Waals surface area (Å²) in [5, 5.41) is 6.61. The van der Waals surface area contributed by atoms with Crippen molar-refractivity contribution in [1.29, 1.82) is 0 Å². The van der Waals surface area contributed by atoms with E-state index in [1.165, 1.54) is 13.3 Å². The van der Waals surface area contributed by atoms with E-state index in [2.05, 4.69) is 20.4 Å². The van der Waals surface area contributed by atoms with E-state index in [-0.39, 0.29) is 12.4 Å². The molecule has 0 saturated heterocycles. The molecule has 0 fully saturated rings. The number of halogens is 2. The summed E-state index contributed by atoms with van der Waals surface area (Å²) >= 11 is 5.81. The number of pyridine rings is 1. The van der Waals surface area contributed by atoms with Crippen molar-refractivity contribution in [2.75, 3.05) is 32.6 Å². The molecular formula is C12H19Cl2N3O2. The van der Waals surface area contributed by atoms with Crippen molar-refractivity contribution in [2.45, 2.75) is 12.8 Å². The van der Waals surface area contributed by atoms with Crippen LogP contribution in [0.1, 0.15) is 23.2 Å². The predicted octanol–water partition coefficient (Wildman–Crippen LogP) is 2.35. The highest BCUT2D eigenvalue weighted by atomic mass is 35.5. The molecule has 0 radical (unpaired) electrons. The van der Waals surface area contributed by atoms with Gasteiger partial charge in [0.15, 0.2) is 0 Å². The van der Waals surface area contributed by atoms with Crippen LogP contribution in [-0.2, 0) is 4.74 Å². The lowest BCUT2D eigenvalue weighted by Crippen LogP contribution is -2.13. The summed E-state index contributed by atoms with van der Waals surface area (Å²) in [5.74, 6) is 0.0680. The van der Waals surface area contributed by atoms with Crippen molar-refractivity contribution < 1.29 is 9.53 Å². The van der Waals surface area contributed by atoms with E-state index in [9.17, 15) is 4.79 Å². The molecule has 0 amide bonds. The molecular weight excluding hydrogens is 289 g/mol. The molecule has 5 nitrogen and oxygen atoms in total. The fourth-order valence-corrected chi connectivity index (χ4v) is 1.64. The van der Waals surface area contributed by atoms with Gasteiger partial charge in [0.1, 0.15) is 11.4 Å². The Kier molecular flexibility index (Phi) is 9.30. The van der Waals surface area contributed by atoms with Crippen LogP contribution in [0.25, 0.3) is 0 Å². The number of aromatic nitrogens is 1. The molecule has 1 aromatic rings. The Bertz CT molecular complexity index is 403. The lowest BCUT2D eigenvalue weighted by Gasteiger charge is -2.09. The van der Waals surface area contributed by atoms with Gasteiger partial charge < -0.3 is 15.4 Å². The van der Waals surface area contributed by atoms with E-state index < -0.39 is 5.97 Å². The maximum Gasteiger partial charge on any atom is 0.341 e. The standard InChI is InChI=1S/C12H18ClN3O2.ClH/c1-14-5-3-4-6-15-11-10(12(17)18-2)7-9(13)8-16-11;/h7-8,14H,3-6H2,1-2H3,(H,15,16);1H. The van der Waals surface area contributed by atoms with Crippen LogP contribution in [0.15, 0.2) is 12.3 Å². The summed E-state index contributed by atoms with van der Waals surface area (Å²) in [6, 6.07) is 1.55. The Hall–Kier alpha value is -1.04. The van der Waals surface area contributed by atoms with Crippen LogP contribution in [0.5, 0.6) is 0 Å². The van der Waals surface area contributed by atoms with Gasteiger partial charge in [-0.3, -0.25) is 0 Å². The van der Waals surface area contributed by atoms with E-state index in [1.807, 2.05) is 7.05 Å². The van der Waals surface area contributed by atoms with E-state index in [0.717, 1.165) is 25.9 Å². The largest absolute Gasteiger partial charge is 0.465 e. The SMILES string of the molecule is CNCCCCNc1ncc(Cl)cc1C(=O)OC.Cl. The van der Waals surface area contributed by atoms with Gasteiger partial charge in [-0.25, -0.2) is 9.78 Å². The predicted molar refractivity (Wildman–Crippen MR) is 79.5 cm³/mol. The molecule has 1 rings (SSSR count). The molecule has 0 spiro atoms. The highest BCUT2D eigenvalue weighted by molar-refractivity contribution is 6.30. The van der Waals surface area contributed by atoms with E-state index >= 15 is 0 Å². The quantitative estimate of drug-likeness (QED) is 0.598. The van der Waals surface area contributed by atoms with Crippen LogP contribution in [0, 0.1) is 0 Å². The van der Waals surface area contributed by atoms with Crippen molar-refractivity contribution in [3.05, 3.63) is 22.8 Å². The Balaban J connectivity index is 0.00000324. The average Bonchev–Trinajstić information content (AvgIpc) is 2.39. The number of carbonyl (C=O) groups excluding carboxylic acids is 1. The van der Waals surface area contributed by atoms with Crippen LogP contribution >= 0.6 is 24.0 Å². The maximum absolute atomic E-state index is 11.6. The van der Waals surface area contributed by atoms with Crippen LogP contribution < -0.4 is 10.6 Å². The van der Waals surface area contributed by atoms with E-state index in [1.54, 1.807) is 6.07 Å². The summed E-state index contributed by atoms with van der Waals surface area (Å²) in [7, 11) is 3.25. The first-order valence-electron chi connectivity index (χ1n) is 5.81. The van der Waals surface area contributed by atoms with Crippen LogP contribution in [0.2, 0.25) is 5.02 Å². The molecule has 0 unspecified atom stereocenters. The Morgan fingerprint density at radius 2 is 2.11 bits per heavy atom. The zero-order chi connectivity index (χ0) is 13.4. The van der Waals surface area contributed by atoms with Crippen molar-refractivity contribution >= 4 is 35.8 Å². The van der Waals surface area contributed by atoms with Gasteiger partial charge in [0.2, 0.25) is 0 Å².